The lowest BCUT2D eigenvalue weighted by Gasteiger charge is -2.14. The van der Waals surface area contributed by atoms with Crippen LogP contribution in [0.15, 0.2) is 41.5 Å². The lowest BCUT2D eigenvalue weighted by molar-refractivity contribution is -0.137. The van der Waals surface area contributed by atoms with Crippen molar-refractivity contribution in [2.75, 3.05) is 0 Å². The van der Waals surface area contributed by atoms with Crippen molar-refractivity contribution in [2.24, 2.45) is 0 Å². The van der Waals surface area contributed by atoms with Crippen molar-refractivity contribution < 1.29 is 13.2 Å². The van der Waals surface area contributed by atoms with E-state index in [0.29, 0.717) is 0 Å². The minimum atomic E-state index is -4.70. The second-order valence-electron chi connectivity index (χ2n) is 6.13. The Bertz CT molecular complexity index is 1330. The highest BCUT2D eigenvalue weighted by molar-refractivity contribution is 6.38. The zero-order valence-electron chi connectivity index (χ0n) is 14.5. The van der Waals surface area contributed by atoms with Crippen LogP contribution in [-0.4, -0.2) is 29.8 Å². The van der Waals surface area contributed by atoms with E-state index in [0.717, 1.165) is 21.4 Å². The third-order valence-corrected chi connectivity index (χ3v) is 4.93. The van der Waals surface area contributed by atoms with E-state index in [2.05, 4.69) is 20.5 Å². The van der Waals surface area contributed by atoms with Crippen molar-refractivity contribution in [3.8, 4) is 5.69 Å². The summed E-state index contributed by atoms with van der Waals surface area (Å²) in [4.78, 5) is 16.9. The van der Waals surface area contributed by atoms with Crippen molar-refractivity contribution in [1.82, 2.24) is 29.8 Å². The van der Waals surface area contributed by atoms with Gasteiger partial charge in [0.05, 0.1) is 40.0 Å². The number of rotatable bonds is 3. The SMILES string of the molecule is O=c1c2cc(Cl)cc(Cl)c2ncn1Cc1nnnn1-c1ccc(Cl)cc1C(F)(F)F. The van der Waals surface area contributed by atoms with Crippen LogP contribution >= 0.6 is 34.8 Å². The number of nitrogens with zero attached hydrogens (tertiary/aromatic N) is 6. The number of aromatic nitrogens is 6. The molecule has 0 saturated heterocycles. The van der Waals surface area contributed by atoms with E-state index in [1.54, 1.807) is 0 Å². The molecule has 4 aromatic rings. The van der Waals surface area contributed by atoms with Crippen molar-refractivity contribution in [3.05, 3.63) is 73.5 Å². The molecular weight excluding hydrogens is 468 g/mol. The third kappa shape index (κ3) is 3.73. The number of tetrazole rings is 1. The molecular formula is C17H8Cl3F3N6O. The molecule has 0 saturated carbocycles. The summed E-state index contributed by atoms with van der Waals surface area (Å²) in [7, 11) is 0. The summed E-state index contributed by atoms with van der Waals surface area (Å²) in [5.74, 6) is -0.0285. The molecule has 30 heavy (non-hydrogen) atoms. The van der Waals surface area contributed by atoms with Gasteiger partial charge in [0.1, 0.15) is 0 Å². The quantitative estimate of drug-likeness (QED) is 0.439. The van der Waals surface area contributed by atoms with Gasteiger partial charge in [-0.2, -0.15) is 17.9 Å². The van der Waals surface area contributed by atoms with E-state index in [1.807, 2.05) is 0 Å². The van der Waals surface area contributed by atoms with E-state index < -0.39 is 17.3 Å². The first kappa shape index (κ1) is 20.6. The highest BCUT2D eigenvalue weighted by atomic mass is 35.5. The molecule has 2 aromatic carbocycles. The number of benzene rings is 2. The average Bonchev–Trinajstić information content (AvgIpc) is 3.11. The van der Waals surface area contributed by atoms with Gasteiger partial charge in [-0.25, -0.2) is 4.98 Å². The first-order valence-electron chi connectivity index (χ1n) is 8.13. The highest BCUT2D eigenvalue weighted by Crippen LogP contribution is 2.35. The predicted molar refractivity (Wildman–Crippen MR) is 104 cm³/mol. The summed E-state index contributed by atoms with van der Waals surface area (Å²) < 4.78 is 42.4. The molecule has 0 N–H and O–H groups in total. The zero-order chi connectivity index (χ0) is 21.6. The lowest BCUT2D eigenvalue weighted by atomic mass is 10.1. The van der Waals surface area contributed by atoms with Gasteiger partial charge in [-0.05, 0) is 40.8 Å². The summed E-state index contributed by atoms with van der Waals surface area (Å²) >= 11 is 17.7. The van der Waals surface area contributed by atoms with Gasteiger partial charge in [-0.15, -0.1) is 5.10 Å². The van der Waals surface area contributed by atoms with E-state index in [-0.39, 0.29) is 44.0 Å². The van der Waals surface area contributed by atoms with Gasteiger partial charge in [0, 0.05) is 10.0 Å². The summed E-state index contributed by atoms with van der Waals surface area (Å²) in [6, 6.07) is 6.05. The van der Waals surface area contributed by atoms with Crippen LogP contribution in [-0.2, 0) is 12.7 Å². The molecule has 4 rings (SSSR count). The fourth-order valence-corrected chi connectivity index (χ4v) is 3.59. The Kier molecular flexibility index (Phi) is 5.16. The Labute approximate surface area is 180 Å². The number of alkyl halides is 3. The molecule has 0 aliphatic carbocycles. The molecule has 2 heterocycles. The van der Waals surface area contributed by atoms with Crippen LogP contribution in [0.3, 0.4) is 0 Å². The monoisotopic (exact) mass is 474 g/mol. The largest absolute Gasteiger partial charge is 0.418 e. The van der Waals surface area contributed by atoms with Crippen LogP contribution in [0.4, 0.5) is 13.2 Å². The topological polar surface area (TPSA) is 78.5 Å². The maximum atomic E-state index is 13.5. The fraction of sp³-hybridized carbons (Fsp3) is 0.118. The summed E-state index contributed by atoms with van der Waals surface area (Å²) in [6.45, 7) is -0.251. The van der Waals surface area contributed by atoms with Crippen molar-refractivity contribution in [2.45, 2.75) is 12.7 Å². The summed E-state index contributed by atoms with van der Waals surface area (Å²) in [5.41, 5.74) is -1.61. The molecule has 0 unspecified atom stereocenters. The fourth-order valence-electron chi connectivity index (χ4n) is 2.87. The molecule has 0 aliphatic rings. The van der Waals surface area contributed by atoms with Crippen LogP contribution in [0, 0.1) is 0 Å². The van der Waals surface area contributed by atoms with Crippen LogP contribution in [0.2, 0.25) is 15.1 Å². The Morgan fingerprint density at radius 3 is 2.53 bits per heavy atom. The molecule has 0 bridgehead atoms. The first-order chi connectivity index (χ1) is 14.1. The molecule has 0 amide bonds. The van der Waals surface area contributed by atoms with E-state index in [9.17, 15) is 18.0 Å². The number of halogens is 6. The molecule has 2 aromatic heterocycles. The van der Waals surface area contributed by atoms with Crippen LogP contribution < -0.4 is 5.56 Å². The van der Waals surface area contributed by atoms with Gasteiger partial charge in [0.2, 0.25) is 0 Å². The van der Waals surface area contributed by atoms with Gasteiger partial charge in [0.15, 0.2) is 5.82 Å². The second kappa shape index (κ2) is 7.53. The standard InChI is InChI=1S/C17H8Cl3F3N6O/c18-8-1-2-13(11(4-8)17(21,22)23)29-14(25-26-27-29)6-28-7-24-15-10(16(28)30)3-9(19)5-12(15)20/h1-5,7H,6H2. The minimum absolute atomic E-state index is 0.0285. The van der Waals surface area contributed by atoms with Crippen LogP contribution in [0.25, 0.3) is 16.6 Å². The molecule has 0 atom stereocenters. The molecule has 154 valence electrons. The van der Waals surface area contributed by atoms with Crippen molar-refractivity contribution >= 4 is 45.7 Å². The molecule has 0 fully saturated rings. The minimum Gasteiger partial charge on any atom is -0.291 e. The van der Waals surface area contributed by atoms with E-state index in [1.165, 1.54) is 24.5 Å². The predicted octanol–water partition coefficient (Wildman–Crippen LogP) is 4.40. The van der Waals surface area contributed by atoms with E-state index in [4.69, 9.17) is 34.8 Å². The maximum absolute atomic E-state index is 13.5. The Hall–Kier alpha value is -2.69. The number of hydrogen-bond donors (Lipinski definition) is 0. The van der Waals surface area contributed by atoms with E-state index >= 15 is 0 Å². The van der Waals surface area contributed by atoms with Crippen LogP contribution in [0.1, 0.15) is 11.4 Å². The van der Waals surface area contributed by atoms with Crippen molar-refractivity contribution in [3.63, 3.8) is 0 Å². The smallest absolute Gasteiger partial charge is 0.291 e. The normalized spacial score (nSPS) is 11.9. The molecule has 13 heteroatoms. The summed E-state index contributed by atoms with van der Waals surface area (Å²) in [6.07, 6.45) is -3.49. The molecule has 0 spiro atoms. The molecule has 0 aliphatic heterocycles. The second-order valence-corrected chi connectivity index (χ2v) is 7.41. The third-order valence-electron chi connectivity index (χ3n) is 4.18. The van der Waals surface area contributed by atoms with Gasteiger partial charge in [-0.3, -0.25) is 9.36 Å². The number of hydrogen-bond acceptors (Lipinski definition) is 5. The maximum Gasteiger partial charge on any atom is 0.418 e. The first-order valence-corrected chi connectivity index (χ1v) is 9.27. The van der Waals surface area contributed by atoms with Gasteiger partial charge in [-0.1, -0.05) is 34.8 Å². The Morgan fingerprint density at radius 1 is 1.03 bits per heavy atom. The summed E-state index contributed by atoms with van der Waals surface area (Å²) in [5, 5.41) is 11.3. The average molecular weight is 476 g/mol. The van der Waals surface area contributed by atoms with Gasteiger partial charge >= 0.3 is 6.18 Å². The molecule has 7 nitrogen and oxygen atoms in total. The van der Waals surface area contributed by atoms with Gasteiger partial charge < -0.3 is 0 Å². The lowest BCUT2D eigenvalue weighted by Crippen LogP contribution is -2.23. The Balaban J connectivity index is 1.82. The van der Waals surface area contributed by atoms with Crippen molar-refractivity contribution in [1.29, 1.82) is 0 Å². The highest BCUT2D eigenvalue weighted by Gasteiger charge is 2.35. The zero-order valence-corrected chi connectivity index (χ0v) is 16.8. The van der Waals surface area contributed by atoms with Crippen LogP contribution in [0.5, 0.6) is 0 Å². The van der Waals surface area contributed by atoms with Gasteiger partial charge in [0.25, 0.3) is 5.56 Å². The number of fused-ring (bicyclic) bond motifs is 1. The Morgan fingerprint density at radius 2 is 1.80 bits per heavy atom. The molecule has 0 radical (unpaired) electrons.